The van der Waals surface area contributed by atoms with Gasteiger partial charge in [0.15, 0.2) is 5.71 Å². The van der Waals surface area contributed by atoms with Crippen LogP contribution in [0.15, 0.2) is 126 Å². The van der Waals surface area contributed by atoms with Gasteiger partial charge in [-0.3, -0.25) is 5.43 Å². The van der Waals surface area contributed by atoms with Crippen LogP contribution in [0.3, 0.4) is 0 Å². The van der Waals surface area contributed by atoms with Gasteiger partial charge in [-0.2, -0.15) is 5.10 Å². The van der Waals surface area contributed by atoms with E-state index in [0.29, 0.717) is 0 Å². The molecular formula is C37H36N5+. The van der Waals surface area contributed by atoms with Crippen molar-refractivity contribution in [1.29, 1.82) is 0 Å². The van der Waals surface area contributed by atoms with Crippen molar-refractivity contribution in [3.8, 4) is 17.1 Å². The molecule has 4 aliphatic carbocycles. The van der Waals surface area contributed by atoms with E-state index in [-0.39, 0.29) is 5.54 Å². The molecule has 4 aromatic carbocycles. The minimum Gasteiger partial charge on any atom is -0.278 e. The molecule has 0 unspecified atom stereocenters. The lowest BCUT2D eigenvalue weighted by Gasteiger charge is -2.55. The highest BCUT2D eigenvalue weighted by atomic mass is 15.4. The predicted molar refractivity (Wildman–Crippen MR) is 167 cm³/mol. The van der Waals surface area contributed by atoms with Crippen LogP contribution in [0.5, 0.6) is 0 Å². The Balaban J connectivity index is 1.43. The standard InChI is InChI=1S/C37H35N5/c1-5-13-30(14-6-1)34(39-38-32-17-9-3-10-18-32)36-41(37-24-27-21-28(25-37)23-29(22-27)26-37)35(31-15-7-2-8-16-31)40-42(36)33-19-11-4-12-20-33/h1-20,27-29H,21-26H2/p+1. The Morgan fingerprint density at radius 3 is 1.81 bits per heavy atom. The Bertz CT molecular complexity index is 1670. The van der Waals surface area contributed by atoms with E-state index < -0.39 is 0 Å². The van der Waals surface area contributed by atoms with Gasteiger partial charge in [0, 0.05) is 5.56 Å². The number of nitrogens with zero attached hydrogens (tertiary/aromatic N) is 4. The predicted octanol–water partition coefficient (Wildman–Crippen LogP) is 7.62. The Morgan fingerprint density at radius 1 is 0.690 bits per heavy atom. The zero-order chi connectivity index (χ0) is 27.9. The number of anilines is 1. The average molecular weight is 551 g/mol. The third kappa shape index (κ3) is 4.44. The lowest BCUT2D eigenvalue weighted by Crippen LogP contribution is -2.67. The van der Waals surface area contributed by atoms with E-state index in [1.54, 1.807) is 0 Å². The number of benzene rings is 4. The molecule has 0 aliphatic heterocycles. The van der Waals surface area contributed by atoms with Crippen molar-refractivity contribution in [1.82, 2.24) is 9.78 Å². The second-order valence-corrected chi connectivity index (χ2v) is 12.5. The zero-order valence-electron chi connectivity index (χ0n) is 23.8. The topological polar surface area (TPSA) is 46.1 Å². The minimum absolute atomic E-state index is 0.0184. The van der Waals surface area contributed by atoms with Crippen LogP contribution in [0, 0.1) is 17.8 Å². The summed E-state index contributed by atoms with van der Waals surface area (Å²) in [5, 5.41) is 10.7. The van der Waals surface area contributed by atoms with Crippen molar-refractivity contribution in [2.75, 3.05) is 5.43 Å². The van der Waals surface area contributed by atoms with E-state index in [1.165, 1.54) is 38.5 Å². The van der Waals surface area contributed by atoms with Crippen molar-refractivity contribution >= 4 is 11.4 Å². The van der Waals surface area contributed by atoms with Gasteiger partial charge in [0.1, 0.15) is 5.69 Å². The maximum atomic E-state index is 5.48. The molecule has 0 spiro atoms. The van der Waals surface area contributed by atoms with E-state index >= 15 is 0 Å². The molecular weight excluding hydrogens is 514 g/mol. The molecule has 0 atom stereocenters. The van der Waals surface area contributed by atoms with Crippen LogP contribution in [-0.2, 0) is 5.54 Å². The summed E-state index contributed by atoms with van der Waals surface area (Å²) in [4.78, 5) is 0. The maximum absolute atomic E-state index is 5.48. The molecule has 9 rings (SSSR count). The molecule has 4 bridgehead atoms. The second kappa shape index (κ2) is 10.4. The van der Waals surface area contributed by atoms with Gasteiger partial charge in [0.25, 0.3) is 5.82 Å². The molecule has 1 aromatic heterocycles. The van der Waals surface area contributed by atoms with Crippen LogP contribution in [0.4, 0.5) is 5.69 Å². The van der Waals surface area contributed by atoms with E-state index in [1.807, 2.05) is 18.2 Å². The van der Waals surface area contributed by atoms with Crippen LogP contribution in [0.1, 0.15) is 49.9 Å². The Morgan fingerprint density at radius 2 is 1.21 bits per heavy atom. The van der Waals surface area contributed by atoms with Gasteiger partial charge in [-0.05, 0) is 92.7 Å². The van der Waals surface area contributed by atoms with Crippen LogP contribution in [-0.4, -0.2) is 15.5 Å². The SMILES string of the molecule is c1ccc(N/N=C(\c2ccccc2)c2n(-c3ccccc3)nc(-c3ccccc3)[n+]2C23CC4CC(CC(C4)C2)C3)cc1. The lowest BCUT2D eigenvalue weighted by atomic mass is 9.53. The Kier molecular flexibility index (Phi) is 6.24. The molecule has 42 heavy (non-hydrogen) atoms. The molecule has 0 radical (unpaired) electrons. The molecule has 1 N–H and O–H groups in total. The normalized spacial score (nSPS) is 24.6. The first-order chi connectivity index (χ1) is 20.8. The van der Waals surface area contributed by atoms with E-state index in [0.717, 1.165) is 57.6 Å². The summed E-state index contributed by atoms with van der Waals surface area (Å²) in [6, 6.07) is 42.2. The number of hydrazone groups is 1. The molecule has 5 nitrogen and oxygen atoms in total. The highest BCUT2D eigenvalue weighted by Gasteiger charge is 2.57. The largest absolute Gasteiger partial charge is 0.310 e. The van der Waals surface area contributed by atoms with E-state index in [9.17, 15) is 0 Å². The van der Waals surface area contributed by atoms with Gasteiger partial charge in [0.2, 0.25) is 0 Å². The quantitative estimate of drug-likeness (QED) is 0.129. The molecule has 4 aliphatic rings. The minimum atomic E-state index is 0.0184. The monoisotopic (exact) mass is 550 g/mol. The molecule has 0 amide bonds. The van der Waals surface area contributed by atoms with Gasteiger partial charge in [0.05, 0.1) is 21.9 Å². The van der Waals surface area contributed by atoms with Gasteiger partial charge >= 0.3 is 5.82 Å². The van der Waals surface area contributed by atoms with Gasteiger partial charge in [-0.25, -0.2) is 4.57 Å². The number of para-hydroxylation sites is 2. The van der Waals surface area contributed by atoms with Crippen LogP contribution in [0.2, 0.25) is 0 Å². The molecule has 4 fully saturated rings. The third-order valence-corrected chi connectivity index (χ3v) is 9.66. The fourth-order valence-electron chi connectivity index (χ4n) is 8.37. The number of hydrogen-bond acceptors (Lipinski definition) is 3. The van der Waals surface area contributed by atoms with Crippen LogP contribution < -0.4 is 9.99 Å². The van der Waals surface area contributed by atoms with Crippen LogP contribution in [0.25, 0.3) is 17.1 Å². The second-order valence-electron chi connectivity index (χ2n) is 12.5. The molecule has 0 saturated heterocycles. The maximum Gasteiger partial charge on any atom is 0.310 e. The number of nitrogens with one attached hydrogen (secondary N) is 1. The summed E-state index contributed by atoms with van der Waals surface area (Å²) < 4.78 is 4.79. The zero-order valence-corrected chi connectivity index (χ0v) is 23.8. The number of hydrogen-bond donors (Lipinski definition) is 1. The summed E-state index contributed by atoms with van der Waals surface area (Å²) in [5.41, 5.74) is 8.53. The summed E-state index contributed by atoms with van der Waals surface area (Å²) in [7, 11) is 0. The molecule has 5 heteroatoms. The third-order valence-electron chi connectivity index (χ3n) is 9.66. The highest BCUT2D eigenvalue weighted by molar-refractivity contribution is 6.10. The Hall–Kier alpha value is -4.51. The highest BCUT2D eigenvalue weighted by Crippen LogP contribution is 2.57. The average Bonchev–Trinajstić information content (AvgIpc) is 3.44. The summed E-state index contributed by atoms with van der Waals surface area (Å²) in [6.45, 7) is 0. The van der Waals surface area contributed by atoms with Gasteiger partial charge < -0.3 is 0 Å². The van der Waals surface area contributed by atoms with Gasteiger partial charge in [-0.15, -0.1) is 0 Å². The van der Waals surface area contributed by atoms with Crippen LogP contribution >= 0.6 is 0 Å². The molecule has 1 heterocycles. The van der Waals surface area contributed by atoms with Crippen molar-refractivity contribution in [3.05, 3.63) is 133 Å². The molecule has 5 aromatic rings. The van der Waals surface area contributed by atoms with E-state index in [4.69, 9.17) is 10.2 Å². The fraction of sp³-hybridized carbons (Fsp3) is 0.270. The molecule has 208 valence electrons. The number of aromatic nitrogens is 3. The summed E-state index contributed by atoms with van der Waals surface area (Å²) in [5.74, 6) is 4.44. The Labute approximate surface area is 247 Å². The summed E-state index contributed by atoms with van der Waals surface area (Å²) in [6.07, 6.45) is 7.80. The fourth-order valence-corrected chi connectivity index (χ4v) is 8.37. The smallest absolute Gasteiger partial charge is 0.278 e. The first kappa shape index (κ1) is 25.2. The van der Waals surface area contributed by atoms with Crippen molar-refractivity contribution in [2.24, 2.45) is 22.9 Å². The van der Waals surface area contributed by atoms with Crippen molar-refractivity contribution < 1.29 is 4.57 Å². The number of rotatable bonds is 7. The first-order valence-electron chi connectivity index (χ1n) is 15.4. The summed E-state index contributed by atoms with van der Waals surface area (Å²) >= 11 is 0. The lowest BCUT2D eigenvalue weighted by molar-refractivity contribution is -0.768. The van der Waals surface area contributed by atoms with Gasteiger partial charge in [-0.1, -0.05) is 89.6 Å². The van der Waals surface area contributed by atoms with Crippen molar-refractivity contribution in [2.45, 2.75) is 44.1 Å². The molecule has 4 saturated carbocycles. The van der Waals surface area contributed by atoms with Crippen molar-refractivity contribution in [3.63, 3.8) is 0 Å². The van der Waals surface area contributed by atoms with E-state index in [2.05, 4.69) is 118 Å². The first-order valence-corrected chi connectivity index (χ1v) is 15.4.